The first-order valence-electron chi connectivity index (χ1n) is 6.90. The fraction of sp³-hybridized carbons (Fsp3) is 0.0588. The van der Waals surface area contributed by atoms with Crippen LogP contribution in [0.3, 0.4) is 0 Å². The van der Waals surface area contributed by atoms with Crippen LogP contribution in [0.1, 0.15) is 5.56 Å². The predicted molar refractivity (Wildman–Crippen MR) is 93.6 cm³/mol. The van der Waals surface area contributed by atoms with Crippen LogP contribution in [-0.2, 0) is 9.59 Å². The molecule has 0 saturated carbocycles. The second kappa shape index (κ2) is 6.48. The van der Waals surface area contributed by atoms with E-state index in [0.717, 1.165) is 16.1 Å². The van der Waals surface area contributed by atoms with E-state index >= 15 is 0 Å². The number of halogens is 1. The maximum atomic E-state index is 12.3. The minimum Gasteiger partial charge on any atom is -0.321 e. The van der Waals surface area contributed by atoms with Gasteiger partial charge in [-0.2, -0.15) is 0 Å². The zero-order valence-corrected chi connectivity index (χ0v) is 13.8. The van der Waals surface area contributed by atoms with Crippen LogP contribution in [0, 0.1) is 6.92 Å². The zero-order chi connectivity index (χ0) is 16.4. The molecule has 0 fully saturated rings. The predicted octanol–water partition coefficient (Wildman–Crippen LogP) is 4.13. The van der Waals surface area contributed by atoms with Crippen LogP contribution in [0.15, 0.2) is 63.4 Å². The molecule has 2 aromatic carbocycles. The molecule has 4 nitrogen and oxygen atoms in total. The molecule has 0 atom stereocenters. The summed E-state index contributed by atoms with van der Waals surface area (Å²) in [6.45, 7) is 1.96. The summed E-state index contributed by atoms with van der Waals surface area (Å²) in [6, 6.07) is 14.7. The number of para-hydroxylation sites is 1. The fourth-order valence-corrected chi connectivity index (χ4v) is 3.24. The Morgan fingerprint density at radius 1 is 1.13 bits per heavy atom. The standard InChI is InChI=1S/C17H13ClN2O2S/c1-10-6-8-11(9-7-10)19-16(21)14(18)15-17(22)20-12-4-2-3-5-13(12)23-15/h2-9H,1H3,(H,19,21)(H,20,22)/b15-14-. The molecular formula is C17H13ClN2O2S. The molecule has 116 valence electrons. The van der Waals surface area contributed by atoms with E-state index < -0.39 is 5.91 Å². The Labute approximate surface area is 142 Å². The molecule has 0 saturated heterocycles. The van der Waals surface area contributed by atoms with E-state index in [9.17, 15) is 9.59 Å². The number of benzene rings is 2. The first-order chi connectivity index (χ1) is 11.0. The number of anilines is 2. The van der Waals surface area contributed by atoms with Gasteiger partial charge in [-0.15, -0.1) is 0 Å². The summed E-state index contributed by atoms with van der Waals surface area (Å²) in [5, 5.41) is 5.30. The lowest BCUT2D eigenvalue weighted by molar-refractivity contribution is -0.114. The fourth-order valence-electron chi connectivity index (χ4n) is 2.06. The summed E-state index contributed by atoms with van der Waals surface area (Å²) in [6.07, 6.45) is 0. The van der Waals surface area contributed by atoms with Crippen molar-refractivity contribution in [3.8, 4) is 0 Å². The number of amides is 2. The number of aryl methyl sites for hydroxylation is 1. The third kappa shape index (κ3) is 3.41. The van der Waals surface area contributed by atoms with Crippen molar-refractivity contribution in [2.45, 2.75) is 11.8 Å². The highest BCUT2D eigenvalue weighted by molar-refractivity contribution is 8.04. The molecule has 2 amide bonds. The normalized spacial score (nSPS) is 15.5. The molecule has 1 aliphatic heterocycles. The van der Waals surface area contributed by atoms with Crippen LogP contribution >= 0.6 is 23.4 Å². The molecule has 2 aromatic rings. The number of carbonyl (C=O) groups excluding carboxylic acids is 2. The van der Waals surface area contributed by atoms with Crippen LogP contribution in [0.25, 0.3) is 0 Å². The molecule has 0 radical (unpaired) electrons. The summed E-state index contributed by atoms with van der Waals surface area (Å²) >= 11 is 7.33. The maximum Gasteiger partial charge on any atom is 0.268 e. The van der Waals surface area contributed by atoms with Crippen molar-refractivity contribution in [1.29, 1.82) is 0 Å². The first kappa shape index (κ1) is 15.6. The Bertz CT molecular complexity index is 816. The monoisotopic (exact) mass is 344 g/mol. The van der Waals surface area contributed by atoms with E-state index in [0.29, 0.717) is 5.69 Å². The third-order valence-electron chi connectivity index (χ3n) is 3.26. The van der Waals surface area contributed by atoms with Gasteiger partial charge in [-0.3, -0.25) is 9.59 Å². The Kier molecular flexibility index (Phi) is 4.41. The van der Waals surface area contributed by atoms with Gasteiger partial charge in [-0.05, 0) is 31.2 Å². The van der Waals surface area contributed by atoms with Gasteiger partial charge in [0.1, 0.15) is 9.94 Å². The van der Waals surface area contributed by atoms with Crippen LogP contribution in [0.5, 0.6) is 0 Å². The van der Waals surface area contributed by atoms with Gasteiger partial charge in [-0.25, -0.2) is 0 Å². The second-order valence-corrected chi connectivity index (χ2v) is 6.45. The van der Waals surface area contributed by atoms with Crippen molar-refractivity contribution in [2.24, 2.45) is 0 Å². The summed E-state index contributed by atoms with van der Waals surface area (Å²) in [5.41, 5.74) is 2.43. The average Bonchev–Trinajstić information content (AvgIpc) is 2.55. The zero-order valence-electron chi connectivity index (χ0n) is 12.2. The quantitative estimate of drug-likeness (QED) is 0.805. The Balaban J connectivity index is 1.84. The molecular weight excluding hydrogens is 332 g/mol. The SMILES string of the molecule is Cc1ccc(NC(=O)/C(Cl)=C2/Sc3ccccc3NC2=O)cc1. The van der Waals surface area contributed by atoms with Gasteiger partial charge in [0.2, 0.25) is 0 Å². The van der Waals surface area contributed by atoms with Gasteiger partial charge in [0, 0.05) is 10.6 Å². The Morgan fingerprint density at radius 3 is 2.57 bits per heavy atom. The van der Waals surface area contributed by atoms with Crippen LogP contribution in [0.4, 0.5) is 11.4 Å². The number of nitrogens with one attached hydrogen (secondary N) is 2. The molecule has 0 bridgehead atoms. The highest BCUT2D eigenvalue weighted by Crippen LogP contribution is 2.40. The molecule has 0 unspecified atom stereocenters. The third-order valence-corrected chi connectivity index (χ3v) is 4.90. The molecule has 0 spiro atoms. The van der Waals surface area contributed by atoms with Crippen molar-refractivity contribution in [3.63, 3.8) is 0 Å². The minimum absolute atomic E-state index is 0.123. The Hall–Kier alpha value is -2.24. The van der Waals surface area contributed by atoms with E-state index in [1.807, 2.05) is 37.3 Å². The Morgan fingerprint density at radius 2 is 1.83 bits per heavy atom. The van der Waals surface area contributed by atoms with Crippen molar-refractivity contribution < 1.29 is 9.59 Å². The molecule has 0 aliphatic carbocycles. The van der Waals surface area contributed by atoms with Gasteiger partial charge < -0.3 is 10.6 Å². The van der Waals surface area contributed by atoms with E-state index in [1.165, 1.54) is 11.8 Å². The summed E-state index contributed by atoms with van der Waals surface area (Å²) in [4.78, 5) is 25.4. The lowest BCUT2D eigenvalue weighted by Gasteiger charge is -2.19. The van der Waals surface area contributed by atoms with Gasteiger partial charge in [0.05, 0.1) is 5.69 Å². The van der Waals surface area contributed by atoms with Crippen molar-refractivity contribution in [1.82, 2.24) is 0 Å². The molecule has 3 rings (SSSR count). The van der Waals surface area contributed by atoms with Crippen LogP contribution < -0.4 is 10.6 Å². The summed E-state index contributed by atoms with van der Waals surface area (Å²) in [7, 11) is 0. The molecule has 1 aliphatic rings. The lowest BCUT2D eigenvalue weighted by atomic mass is 10.2. The van der Waals surface area contributed by atoms with Gasteiger partial charge >= 0.3 is 0 Å². The van der Waals surface area contributed by atoms with E-state index in [-0.39, 0.29) is 15.8 Å². The summed E-state index contributed by atoms with van der Waals surface area (Å²) < 4.78 is 0. The van der Waals surface area contributed by atoms with Crippen molar-refractivity contribution in [3.05, 3.63) is 64.0 Å². The number of thioether (sulfide) groups is 1. The topological polar surface area (TPSA) is 58.2 Å². The number of hydrogen-bond acceptors (Lipinski definition) is 3. The van der Waals surface area contributed by atoms with Crippen LogP contribution in [0.2, 0.25) is 0 Å². The molecule has 0 aromatic heterocycles. The smallest absolute Gasteiger partial charge is 0.268 e. The van der Waals surface area contributed by atoms with Gasteiger partial charge in [-0.1, -0.05) is 53.2 Å². The highest BCUT2D eigenvalue weighted by atomic mass is 35.5. The number of fused-ring (bicyclic) bond motifs is 1. The van der Waals surface area contributed by atoms with E-state index in [2.05, 4.69) is 10.6 Å². The highest BCUT2D eigenvalue weighted by Gasteiger charge is 2.26. The van der Waals surface area contributed by atoms with Gasteiger partial charge in [0.25, 0.3) is 11.8 Å². The van der Waals surface area contributed by atoms with Crippen LogP contribution in [-0.4, -0.2) is 11.8 Å². The lowest BCUT2D eigenvalue weighted by Crippen LogP contribution is -2.21. The maximum absolute atomic E-state index is 12.3. The average molecular weight is 345 g/mol. The van der Waals surface area contributed by atoms with Crippen molar-refractivity contribution >= 4 is 46.6 Å². The number of carbonyl (C=O) groups is 2. The minimum atomic E-state index is -0.507. The first-order valence-corrected chi connectivity index (χ1v) is 8.10. The number of hydrogen-bond donors (Lipinski definition) is 2. The second-order valence-electron chi connectivity index (χ2n) is 5.02. The molecule has 2 N–H and O–H groups in total. The van der Waals surface area contributed by atoms with Gasteiger partial charge in [0.15, 0.2) is 0 Å². The largest absolute Gasteiger partial charge is 0.321 e. The molecule has 6 heteroatoms. The van der Waals surface area contributed by atoms with E-state index in [4.69, 9.17) is 11.6 Å². The van der Waals surface area contributed by atoms with E-state index in [1.54, 1.807) is 18.2 Å². The van der Waals surface area contributed by atoms with Crippen molar-refractivity contribution in [2.75, 3.05) is 10.6 Å². The number of rotatable bonds is 2. The molecule has 1 heterocycles. The summed E-state index contributed by atoms with van der Waals surface area (Å²) in [5.74, 6) is -0.884. The molecule has 23 heavy (non-hydrogen) atoms.